The second kappa shape index (κ2) is 10.1. The molecule has 1 spiro atoms. The Labute approximate surface area is 209 Å². The second-order valence-electron chi connectivity index (χ2n) is 9.77. The number of hydrogen-bond donors (Lipinski definition) is 2. The molecule has 0 unspecified atom stereocenters. The number of aromatic nitrogens is 3. The number of halogens is 1. The highest BCUT2D eigenvalue weighted by Crippen LogP contribution is 2.43. The minimum Gasteiger partial charge on any atom is -0.491 e. The Morgan fingerprint density at radius 3 is 2.67 bits per heavy atom. The van der Waals surface area contributed by atoms with Gasteiger partial charge < -0.3 is 29.3 Å². The van der Waals surface area contributed by atoms with Gasteiger partial charge in [-0.1, -0.05) is 5.16 Å². The Bertz CT molecular complexity index is 1200. The molecular weight excluding hydrogens is 465 g/mol. The summed E-state index contributed by atoms with van der Waals surface area (Å²) < 4.78 is 31.7. The van der Waals surface area contributed by atoms with Crippen LogP contribution in [-0.4, -0.2) is 72.8 Å². The summed E-state index contributed by atoms with van der Waals surface area (Å²) in [5.74, 6) is 1.61. The molecule has 2 aliphatic rings. The van der Waals surface area contributed by atoms with Gasteiger partial charge in [-0.05, 0) is 51.9 Å². The molecule has 192 valence electrons. The van der Waals surface area contributed by atoms with Crippen molar-refractivity contribution in [2.45, 2.75) is 32.8 Å². The maximum atomic E-state index is 15.1. The molecule has 0 bridgehead atoms. The van der Waals surface area contributed by atoms with Crippen molar-refractivity contribution in [3.05, 3.63) is 41.5 Å². The number of aryl methyl sites for hydroxylation is 2. The summed E-state index contributed by atoms with van der Waals surface area (Å²) in [6, 6.07) is 6.37. The molecule has 9 nitrogen and oxygen atoms in total. The van der Waals surface area contributed by atoms with Crippen LogP contribution in [0.2, 0.25) is 0 Å². The highest BCUT2D eigenvalue weighted by molar-refractivity contribution is 5.71. The van der Waals surface area contributed by atoms with Crippen LogP contribution in [0, 0.1) is 25.1 Å². The first-order valence-electron chi connectivity index (χ1n) is 12.3. The molecule has 4 heterocycles. The molecule has 2 aromatic heterocycles. The zero-order valence-corrected chi connectivity index (χ0v) is 20.9. The molecule has 2 aliphatic heterocycles. The summed E-state index contributed by atoms with van der Waals surface area (Å²) in [5.41, 5.74) is 2.61. The third kappa shape index (κ3) is 4.93. The lowest BCUT2D eigenvalue weighted by Gasteiger charge is -2.52. The van der Waals surface area contributed by atoms with Crippen molar-refractivity contribution < 1.29 is 23.5 Å². The van der Waals surface area contributed by atoms with Crippen molar-refractivity contribution in [1.82, 2.24) is 20.4 Å². The van der Waals surface area contributed by atoms with E-state index in [4.69, 9.17) is 24.0 Å². The molecule has 2 saturated heterocycles. The number of nitrogens with zero attached hydrogens (tertiary/aromatic N) is 4. The predicted octanol–water partition coefficient (Wildman–Crippen LogP) is 3.13. The molecule has 1 aromatic carbocycles. The quantitative estimate of drug-likeness (QED) is 0.486. The van der Waals surface area contributed by atoms with Gasteiger partial charge in [-0.2, -0.15) is 0 Å². The highest BCUT2D eigenvalue weighted by atomic mass is 19.1. The highest BCUT2D eigenvalue weighted by Gasteiger charge is 2.44. The molecule has 36 heavy (non-hydrogen) atoms. The number of nitrogens with one attached hydrogen (secondary N) is 1. The van der Waals surface area contributed by atoms with Crippen LogP contribution in [0.1, 0.15) is 24.3 Å². The summed E-state index contributed by atoms with van der Waals surface area (Å²) in [5, 5.41) is 16.9. The monoisotopic (exact) mass is 497 g/mol. The van der Waals surface area contributed by atoms with E-state index in [1.165, 1.54) is 12.1 Å². The standard InChI is InChI=1S/C26H32FN5O4/c1-16-24(17(2)36-31-16)22-11-23(32-14-26(15-32)6-8-34-9-7-26)30-25(29-22)20-10-19(4-5-21(20)27)35-13-18(33)12-28-3/h4-5,10-11,18,28,33H,6-9,12-15H2,1-3H3/t18-/m1/s1. The van der Waals surface area contributed by atoms with E-state index in [9.17, 15) is 5.11 Å². The molecule has 0 radical (unpaired) electrons. The Balaban J connectivity index is 1.50. The Hall–Kier alpha value is -3.08. The number of aliphatic hydroxyl groups is 1. The van der Waals surface area contributed by atoms with Crippen molar-refractivity contribution in [2.24, 2.45) is 5.41 Å². The predicted molar refractivity (Wildman–Crippen MR) is 133 cm³/mol. The number of aliphatic hydroxyl groups excluding tert-OH is 1. The first-order chi connectivity index (χ1) is 17.4. The molecule has 5 rings (SSSR count). The molecular formula is C26H32FN5O4. The molecule has 2 N–H and O–H groups in total. The second-order valence-corrected chi connectivity index (χ2v) is 9.77. The average molecular weight is 498 g/mol. The lowest BCUT2D eigenvalue weighted by atomic mass is 9.73. The van der Waals surface area contributed by atoms with Crippen LogP contribution in [0.3, 0.4) is 0 Å². The van der Waals surface area contributed by atoms with Crippen LogP contribution in [0.15, 0.2) is 28.8 Å². The molecule has 3 aromatic rings. The summed E-state index contributed by atoms with van der Waals surface area (Å²) in [6.07, 6.45) is 1.38. The van der Waals surface area contributed by atoms with Gasteiger partial charge in [0, 0.05) is 44.3 Å². The Kier molecular flexibility index (Phi) is 6.92. The summed E-state index contributed by atoms with van der Waals surface area (Å²) in [7, 11) is 1.75. The van der Waals surface area contributed by atoms with E-state index < -0.39 is 11.9 Å². The minimum atomic E-state index is -0.682. The normalized spacial score (nSPS) is 17.8. The number of benzene rings is 1. The third-order valence-corrected chi connectivity index (χ3v) is 6.99. The molecule has 0 amide bonds. The lowest BCUT2D eigenvalue weighted by molar-refractivity contribution is -0.000453. The van der Waals surface area contributed by atoms with Gasteiger partial charge >= 0.3 is 0 Å². The van der Waals surface area contributed by atoms with Crippen LogP contribution in [0.25, 0.3) is 22.6 Å². The molecule has 10 heteroatoms. The van der Waals surface area contributed by atoms with E-state index in [2.05, 4.69) is 15.4 Å². The van der Waals surface area contributed by atoms with Gasteiger partial charge in [0.05, 0.1) is 22.5 Å². The van der Waals surface area contributed by atoms with E-state index in [1.54, 1.807) is 13.1 Å². The molecule has 0 aliphatic carbocycles. The van der Waals surface area contributed by atoms with Crippen molar-refractivity contribution in [3.8, 4) is 28.4 Å². The van der Waals surface area contributed by atoms with Gasteiger partial charge in [0.2, 0.25) is 0 Å². The van der Waals surface area contributed by atoms with Gasteiger partial charge in [-0.25, -0.2) is 14.4 Å². The van der Waals surface area contributed by atoms with Crippen LogP contribution >= 0.6 is 0 Å². The van der Waals surface area contributed by atoms with Gasteiger partial charge in [0.25, 0.3) is 0 Å². The van der Waals surface area contributed by atoms with Crippen LogP contribution in [0.5, 0.6) is 5.75 Å². The largest absolute Gasteiger partial charge is 0.491 e. The van der Waals surface area contributed by atoms with E-state index in [0.717, 1.165) is 50.5 Å². The Morgan fingerprint density at radius 1 is 1.19 bits per heavy atom. The number of hydrogen-bond acceptors (Lipinski definition) is 9. The van der Waals surface area contributed by atoms with Gasteiger partial charge in [0.1, 0.15) is 35.9 Å². The van der Waals surface area contributed by atoms with Crippen LogP contribution in [-0.2, 0) is 4.74 Å². The Morgan fingerprint density at radius 2 is 1.97 bits per heavy atom. The number of likely N-dealkylation sites (N-methyl/N-ethyl adjacent to an activating group) is 1. The van der Waals surface area contributed by atoms with Crippen LogP contribution < -0.4 is 15.0 Å². The van der Waals surface area contributed by atoms with Crippen molar-refractivity contribution in [3.63, 3.8) is 0 Å². The van der Waals surface area contributed by atoms with Crippen molar-refractivity contribution in [2.75, 3.05) is 51.4 Å². The van der Waals surface area contributed by atoms with Gasteiger partial charge in [0.15, 0.2) is 5.82 Å². The first-order valence-corrected chi connectivity index (χ1v) is 12.3. The number of anilines is 1. The minimum absolute atomic E-state index is 0.0801. The van der Waals surface area contributed by atoms with Crippen molar-refractivity contribution in [1.29, 1.82) is 0 Å². The average Bonchev–Trinajstić information content (AvgIpc) is 3.20. The fourth-order valence-corrected chi connectivity index (χ4v) is 4.99. The van der Waals surface area contributed by atoms with E-state index in [1.807, 2.05) is 19.9 Å². The van der Waals surface area contributed by atoms with E-state index in [0.29, 0.717) is 29.4 Å². The third-order valence-electron chi connectivity index (χ3n) is 6.99. The first kappa shape index (κ1) is 24.6. The molecule has 1 atom stereocenters. The summed E-state index contributed by atoms with van der Waals surface area (Å²) in [6.45, 7) is 7.50. The van der Waals surface area contributed by atoms with Gasteiger partial charge in [-0.15, -0.1) is 0 Å². The van der Waals surface area contributed by atoms with Crippen LogP contribution in [0.4, 0.5) is 10.2 Å². The lowest BCUT2D eigenvalue weighted by Crippen LogP contribution is -2.58. The molecule has 2 fully saturated rings. The number of rotatable bonds is 8. The van der Waals surface area contributed by atoms with E-state index in [-0.39, 0.29) is 23.4 Å². The zero-order chi connectivity index (χ0) is 25.3. The van der Waals surface area contributed by atoms with Crippen molar-refractivity contribution >= 4 is 5.82 Å². The number of ether oxygens (including phenoxy) is 2. The fourth-order valence-electron chi connectivity index (χ4n) is 4.99. The fraction of sp³-hybridized carbons (Fsp3) is 0.500. The van der Waals surface area contributed by atoms with Gasteiger partial charge in [-0.3, -0.25) is 0 Å². The molecule has 0 saturated carbocycles. The smallest absolute Gasteiger partial charge is 0.165 e. The maximum absolute atomic E-state index is 15.1. The van der Waals surface area contributed by atoms with E-state index >= 15 is 4.39 Å². The zero-order valence-electron chi connectivity index (χ0n) is 20.9. The SMILES string of the molecule is CNC[C@@H](O)COc1ccc(F)c(-c2nc(-c3c(C)noc3C)cc(N3CC4(CCOCC4)C3)n2)c1. The summed E-state index contributed by atoms with van der Waals surface area (Å²) in [4.78, 5) is 11.7. The topological polar surface area (TPSA) is 106 Å². The maximum Gasteiger partial charge on any atom is 0.165 e. The summed E-state index contributed by atoms with van der Waals surface area (Å²) >= 11 is 0.